The van der Waals surface area contributed by atoms with Crippen molar-refractivity contribution in [2.75, 3.05) is 84.2 Å². The number of aliphatic hydroxyl groups is 1. The molecule has 6 heterocycles. The highest BCUT2D eigenvalue weighted by Crippen LogP contribution is 2.35. The number of H-pyrrole nitrogens is 2. The Kier molecular flexibility index (Phi) is 32.1. The van der Waals surface area contributed by atoms with Gasteiger partial charge >= 0.3 is 17.9 Å². The number of carbonyl (C=O) groups is 3. The van der Waals surface area contributed by atoms with Crippen molar-refractivity contribution in [3.8, 4) is 34.3 Å². The summed E-state index contributed by atoms with van der Waals surface area (Å²) in [5, 5.41) is 59.2. The van der Waals surface area contributed by atoms with Gasteiger partial charge in [-0.1, -0.05) is 42.6 Å². The van der Waals surface area contributed by atoms with E-state index in [1.54, 1.807) is 33.2 Å². The fourth-order valence-corrected chi connectivity index (χ4v) is 13.3. The number of aryl methyl sites for hydroxylation is 4. The van der Waals surface area contributed by atoms with Crippen molar-refractivity contribution in [2.45, 2.75) is 133 Å². The lowest BCUT2D eigenvalue weighted by Crippen LogP contribution is -2.60. The number of sulfonamides is 2. The van der Waals surface area contributed by atoms with E-state index < -0.39 is 48.1 Å². The van der Waals surface area contributed by atoms with Crippen molar-refractivity contribution in [2.24, 2.45) is 14.1 Å². The Hall–Kier alpha value is -8.27. The number of benzene rings is 2. The Labute approximate surface area is 567 Å². The molecule has 0 amide bonds. The van der Waals surface area contributed by atoms with Gasteiger partial charge in [0.2, 0.25) is 20.0 Å². The molecule has 0 atom stereocenters. The predicted molar refractivity (Wildman–Crippen MR) is 355 cm³/mol. The molecule has 8 rings (SSSR count). The number of alkyl halides is 1. The second-order valence-corrected chi connectivity index (χ2v) is 26.6. The third kappa shape index (κ3) is 23.5. The van der Waals surface area contributed by atoms with Crippen molar-refractivity contribution in [1.29, 1.82) is 0 Å². The second-order valence-electron chi connectivity index (χ2n) is 21.9. The summed E-state index contributed by atoms with van der Waals surface area (Å²) in [5.41, 5.74) is 3.08. The number of aliphatic hydroxyl groups excluding tert-OH is 1. The summed E-state index contributed by atoms with van der Waals surface area (Å²) in [7, 11) is -4.23. The van der Waals surface area contributed by atoms with Gasteiger partial charge in [0.15, 0.2) is 11.0 Å². The number of carboxylic acids is 2. The molecule has 2 aliphatic rings. The Morgan fingerprint density at radius 1 is 0.639 bits per heavy atom. The first-order chi connectivity index (χ1) is 46.2. The molecular formula is C59H85BrN14O21S2. The largest absolute Gasteiger partial charge is 0.493 e. The first-order valence-corrected chi connectivity index (χ1v) is 35.5. The van der Waals surface area contributed by atoms with Crippen molar-refractivity contribution < 1.29 is 80.6 Å². The van der Waals surface area contributed by atoms with Crippen LogP contribution in [0.15, 0.2) is 55.8 Å². The van der Waals surface area contributed by atoms with E-state index in [1.807, 2.05) is 20.8 Å². The van der Waals surface area contributed by atoms with Gasteiger partial charge in [-0.25, -0.2) is 26.8 Å². The van der Waals surface area contributed by atoms with Crippen molar-refractivity contribution in [3.63, 3.8) is 0 Å². The lowest BCUT2D eigenvalue weighted by Gasteiger charge is -2.38. The monoisotopic (exact) mass is 1470 g/mol. The third-order valence-electron chi connectivity index (χ3n) is 14.6. The summed E-state index contributed by atoms with van der Waals surface area (Å²) in [6.07, 6.45) is 6.72. The van der Waals surface area contributed by atoms with Gasteiger partial charge in [0.25, 0.3) is 21.3 Å². The molecule has 536 valence electrons. The summed E-state index contributed by atoms with van der Waals surface area (Å²) in [6.45, 7) is 10.2. The van der Waals surface area contributed by atoms with Crippen molar-refractivity contribution in [3.05, 3.63) is 88.7 Å². The van der Waals surface area contributed by atoms with Crippen LogP contribution in [0, 0.1) is 20.2 Å². The zero-order valence-corrected chi connectivity index (χ0v) is 58.1. The standard InChI is InChI=1S/C27H37N7O9S.C22H30N6O5S.C5H9BrO2.C5H9NO5/c1-4-8-21-24-25(32(3)31-21)27(36)30-26(29-24)20-15-19(10-11-22(20)41-5-2)44(39,40)33-16-18(17-33)28-12-14-42-23(35)9-6-7-13-43-34(37)38;1-4-6-17-19-20(27(3)26-17)22(30)25-21(24-19)16-11-15(7-8-18(16)33-5-2)34(31,32)28-12-14(13-28)23-9-10-29;6-4-2-1-3-5(7)8;7-5(8)3-1-2-4-11-6(9)10/h10-11,15,18,28H,4-9,12-14,16-17H2,1-3H3,(H,29,30,36);7-8,11,14,23,29H,4-6,9-10,12-13H2,1-3H3,(H,24,25,30);1-4H2,(H,7,8);1-4H2,(H,7,8). The lowest BCUT2D eigenvalue weighted by molar-refractivity contribution is -0.757. The summed E-state index contributed by atoms with van der Waals surface area (Å²) in [6, 6.07) is 8.97. The molecule has 4 aromatic heterocycles. The molecule has 7 N–H and O–H groups in total. The van der Waals surface area contributed by atoms with E-state index in [0.717, 1.165) is 36.7 Å². The van der Waals surface area contributed by atoms with Crippen LogP contribution < -0.4 is 31.2 Å². The number of fused-ring (bicyclic) bond motifs is 2. The molecule has 0 spiro atoms. The lowest BCUT2D eigenvalue weighted by atomic mass is 10.1. The van der Waals surface area contributed by atoms with E-state index in [4.69, 9.17) is 29.5 Å². The maximum absolute atomic E-state index is 13.5. The van der Waals surface area contributed by atoms with Gasteiger partial charge in [-0.15, -0.1) is 20.2 Å². The molecule has 38 heteroatoms. The van der Waals surface area contributed by atoms with Gasteiger partial charge in [-0.05, 0) is 102 Å². The third-order valence-corrected chi connectivity index (χ3v) is 18.8. The number of unbranched alkanes of at least 4 members (excludes halogenated alkanes) is 3. The number of nitrogens with one attached hydrogen (secondary N) is 4. The first-order valence-electron chi connectivity index (χ1n) is 31.5. The molecule has 0 bridgehead atoms. The number of aromatic amines is 2. The molecule has 2 saturated heterocycles. The number of carboxylic acid groups (broad SMARTS) is 2. The Morgan fingerprint density at radius 3 is 1.43 bits per heavy atom. The maximum Gasteiger partial charge on any atom is 0.305 e. The number of ether oxygens (including phenoxy) is 3. The molecule has 0 saturated carbocycles. The number of hydrogen-bond acceptors (Lipinski definition) is 25. The molecule has 97 heavy (non-hydrogen) atoms. The Morgan fingerprint density at radius 2 is 1.05 bits per heavy atom. The summed E-state index contributed by atoms with van der Waals surface area (Å²) < 4.78 is 75.7. The number of aliphatic carboxylic acids is 2. The first kappa shape index (κ1) is 79.4. The van der Waals surface area contributed by atoms with Gasteiger partial charge in [0.1, 0.15) is 40.8 Å². The minimum absolute atomic E-state index is 0.00203. The van der Waals surface area contributed by atoms with Gasteiger partial charge in [0, 0.05) is 90.0 Å². The van der Waals surface area contributed by atoms with Crippen LogP contribution >= 0.6 is 15.9 Å². The zero-order valence-electron chi connectivity index (χ0n) is 54.9. The Balaban J connectivity index is 0.000000281. The summed E-state index contributed by atoms with van der Waals surface area (Å²) in [5.74, 6) is -0.784. The molecule has 0 radical (unpaired) electrons. The second kappa shape index (κ2) is 39.2. The Bertz CT molecular complexity index is 3950. The van der Waals surface area contributed by atoms with E-state index in [9.17, 15) is 61.0 Å². The van der Waals surface area contributed by atoms with Crippen LogP contribution in [-0.2, 0) is 75.8 Å². The predicted octanol–water partition coefficient (Wildman–Crippen LogP) is 4.27. The van der Waals surface area contributed by atoms with E-state index >= 15 is 0 Å². The van der Waals surface area contributed by atoms with E-state index in [1.165, 1.54) is 42.2 Å². The van der Waals surface area contributed by atoms with Crippen LogP contribution in [-0.4, -0.2) is 205 Å². The summed E-state index contributed by atoms with van der Waals surface area (Å²) in [4.78, 5) is 100. The van der Waals surface area contributed by atoms with Crippen LogP contribution in [0.2, 0.25) is 0 Å². The van der Waals surface area contributed by atoms with Gasteiger partial charge in [-0.3, -0.25) is 33.3 Å². The number of aromatic nitrogens is 8. The number of nitrogens with zero attached hydrogens (tertiary/aromatic N) is 10. The zero-order chi connectivity index (χ0) is 71.4. The fraction of sp³-hybridized carbons (Fsp3) is 0.576. The van der Waals surface area contributed by atoms with Crippen LogP contribution in [0.3, 0.4) is 0 Å². The number of rotatable bonds is 37. The highest BCUT2D eigenvalue weighted by Gasteiger charge is 2.38. The average molecular weight is 1470 g/mol. The van der Waals surface area contributed by atoms with E-state index in [-0.39, 0.29) is 97.0 Å². The smallest absolute Gasteiger partial charge is 0.305 e. The van der Waals surface area contributed by atoms with Crippen molar-refractivity contribution >= 4 is 76.0 Å². The average Bonchev–Trinajstić information content (AvgIpc) is 1.75. The topological polar surface area (TPSA) is 470 Å². The molecule has 2 fully saturated rings. The van der Waals surface area contributed by atoms with Gasteiger partial charge < -0.3 is 59.8 Å². The fourth-order valence-electron chi connectivity index (χ4n) is 9.82. The van der Waals surface area contributed by atoms with Gasteiger partial charge in [0.05, 0.1) is 65.3 Å². The normalized spacial score (nSPS) is 13.4. The number of halogens is 1. The number of hydrogen-bond donors (Lipinski definition) is 7. The minimum Gasteiger partial charge on any atom is -0.493 e. The highest BCUT2D eigenvalue weighted by atomic mass is 79.9. The van der Waals surface area contributed by atoms with Gasteiger partial charge in [-0.2, -0.15) is 18.8 Å². The SMILES string of the molecule is CCCc1nn(C)c2c(=O)[nH]c(-c3cc(S(=O)(=O)N4CC(NCCO)C4)ccc3OCC)nc12.CCCc1nn(C)c2c(=O)[nH]c(-c3cc(S(=O)(=O)N4CC(NCCOC(=O)CCCCO[N+](=O)[O-])C4)ccc3OCC)nc12.O=C(O)CCCCBr.O=C(O)CCCCO[N+](=O)[O-]. The maximum atomic E-state index is 13.5. The van der Waals surface area contributed by atoms with Crippen LogP contribution in [0.5, 0.6) is 11.5 Å². The minimum atomic E-state index is -3.86. The highest BCUT2D eigenvalue weighted by molar-refractivity contribution is 9.09. The van der Waals surface area contributed by atoms with E-state index in [2.05, 4.69) is 66.4 Å². The number of esters is 1. The van der Waals surface area contributed by atoms with Crippen LogP contribution in [0.1, 0.15) is 110 Å². The number of carbonyl (C=O) groups excluding carboxylic acids is 1. The summed E-state index contributed by atoms with van der Waals surface area (Å²) >= 11 is 3.21. The molecule has 2 aromatic carbocycles. The van der Waals surface area contributed by atoms with Crippen LogP contribution in [0.4, 0.5) is 0 Å². The molecular weight excluding hydrogens is 1380 g/mol. The quantitative estimate of drug-likeness (QED) is 0.00941. The van der Waals surface area contributed by atoms with Crippen molar-refractivity contribution in [1.82, 2.24) is 58.7 Å². The van der Waals surface area contributed by atoms with E-state index in [0.29, 0.717) is 135 Å². The molecule has 0 unspecified atom stereocenters. The molecule has 0 aliphatic carbocycles. The molecule has 2 aliphatic heterocycles. The van der Waals surface area contributed by atoms with Crippen LogP contribution in [0.25, 0.3) is 44.8 Å². The molecule has 6 aromatic rings. The molecule has 35 nitrogen and oxygen atoms in total.